The molecule has 0 spiro atoms. The molecule has 275 valence electrons. The molecule has 0 unspecified atom stereocenters. The Morgan fingerprint density at radius 2 is 1.50 bits per heavy atom. The summed E-state index contributed by atoms with van der Waals surface area (Å²) in [5.41, 5.74) is 10.3. The van der Waals surface area contributed by atoms with E-state index in [2.05, 4.69) is 80.4 Å². The second-order valence-corrected chi connectivity index (χ2v) is 14.8. The molecule has 5 aromatic carbocycles. The minimum absolute atomic E-state index is 0. The molecule has 0 aliphatic carbocycles. The van der Waals surface area contributed by atoms with E-state index in [1.54, 1.807) is 24.4 Å². The van der Waals surface area contributed by atoms with E-state index in [0.29, 0.717) is 5.82 Å². The largest absolute Gasteiger partial charge is 0.501 e. The van der Waals surface area contributed by atoms with Gasteiger partial charge in [-0.15, -0.1) is 54.1 Å². The fourth-order valence-electron chi connectivity index (χ4n) is 6.63. The molecule has 0 aliphatic rings. The summed E-state index contributed by atoms with van der Waals surface area (Å²) in [6.45, 7) is 12.1. The molecule has 0 atom stereocenters. The molecular formula is C49H47IrN3O-2. The van der Waals surface area contributed by atoms with Crippen LogP contribution >= 0.6 is 0 Å². The number of fused-ring (bicyclic) bond motifs is 3. The Labute approximate surface area is 340 Å². The Balaban J connectivity index is 0.000000289. The van der Waals surface area contributed by atoms with Crippen LogP contribution in [0.5, 0.6) is 0 Å². The molecule has 0 saturated carbocycles. The Morgan fingerprint density at radius 1 is 0.759 bits per heavy atom. The van der Waals surface area contributed by atoms with E-state index in [9.17, 15) is 0 Å². The van der Waals surface area contributed by atoms with Crippen molar-refractivity contribution in [3.8, 4) is 39.5 Å². The number of hydrogen-bond acceptors (Lipinski definition) is 3. The molecule has 5 heteroatoms. The van der Waals surface area contributed by atoms with Crippen molar-refractivity contribution in [2.45, 2.75) is 72.5 Å². The zero-order chi connectivity index (χ0) is 41.6. The molecule has 8 aromatic rings. The van der Waals surface area contributed by atoms with Crippen LogP contribution in [0.15, 0.2) is 132 Å². The van der Waals surface area contributed by atoms with Crippen molar-refractivity contribution in [1.82, 2.24) is 14.5 Å². The zero-order valence-corrected chi connectivity index (χ0v) is 34.1. The van der Waals surface area contributed by atoms with E-state index >= 15 is 0 Å². The summed E-state index contributed by atoms with van der Waals surface area (Å²) in [6, 6.07) is 42.2. The van der Waals surface area contributed by atoms with Crippen molar-refractivity contribution < 1.29 is 31.4 Å². The third kappa shape index (κ3) is 7.89. The van der Waals surface area contributed by atoms with Crippen molar-refractivity contribution in [1.29, 1.82) is 0 Å². The van der Waals surface area contributed by atoms with Crippen LogP contribution in [0.2, 0.25) is 0 Å². The van der Waals surface area contributed by atoms with Crippen LogP contribution in [-0.4, -0.2) is 14.5 Å². The maximum absolute atomic E-state index is 8.91. The number of nitrogens with zero attached hydrogens (tertiary/aromatic N) is 3. The summed E-state index contributed by atoms with van der Waals surface area (Å²) >= 11 is 0. The number of pyridine rings is 1. The number of rotatable bonds is 6. The average molecular weight is 891 g/mol. The fourth-order valence-corrected chi connectivity index (χ4v) is 6.63. The zero-order valence-electron chi connectivity index (χ0n) is 36.7. The number of para-hydroxylation sites is 1. The topological polar surface area (TPSA) is 43.9 Å². The average Bonchev–Trinajstić information content (AvgIpc) is 3.82. The van der Waals surface area contributed by atoms with Gasteiger partial charge in [0, 0.05) is 56.6 Å². The second-order valence-electron chi connectivity index (χ2n) is 14.8. The van der Waals surface area contributed by atoms with Gasteiger partial charge in [-0.25, -0.2) is 0 Å². The van der Waals surface area contributed by atoms with E-state index in [1.807, 2.05) is 87.0 Å². The molecule has 0 aliphatic heterocycles. The molecule has 3 aromatic heterocycles. The predicted octanol–water partition coefficient (Wildman–Crippen LogP) is 13.3. The molecule has 8 rings (SSSR count). The fraction of sp³-hybridized carbons (Fsp3) is 0.224. The van der Waals surface area contributed by atoms with Gasteiger partial charge in [-0.1, -0.05) is 126 Å². The summed E-state index contributed by atoms with van der Waals surface area (Å²) in [5.74, 6) is -1.09. The molecule has 0 N–H and O–H groups in total. The van der Waals surface area contributed by atoms with Gasteiger partial charge in [0.05, 0.1) is 11.4 Å². The van der Waals surface area contributed by atoms with E-state index in [-0.39, 0.29) is 31.1 Å². The molecule has 54 heavy (non-hydrogen) atoms. The molecule has 1 radical (unpaired) electrons. The van der Waals surface area contributed by atoms with Crippen molar-refractivity contribution in [2.24, 2.45) is 0 Å². The normalized spacial score (nSPS) is 13.5. The first-order valence-corrected chi connectivity index (χ1v) is 17.9. The van der Waals surface area contributed by atoms with E-state index in [0.717, 1.165) is 66.7 Å². The maximum atomic E-state index is 8.91. The number of imidazole rings is 1. The van der Waals surface area contributed by atoms with Gasteiger partial charge in [-0.2, -0.15) is 0 Å². The van der Waals surface area contributed by atoms with Crippen LogP contribution in [0, 0.1) is 19.0 Å². The number of hydrogen-bond donors (Lipinski definition) is 0. The Morgan fingerprint density at radius 3 is 2.13 bits per heavy atom. The molecule has 0 fully saturated rings. The van der Waals surface area contributed by atoms with Gasteiger partial charge in [0.2, 0.25) is 0 Å². The number of benzene rings is 5. The van der Waals surface area contributed by atoms with Crippen molar-refractivity contribution in [3.05, 3.63) is 162 Å². The Kier molecular flexibility index (Phi) is 9.65. The summed E-state index contributed by atoms with van der Waals surface area (Å²) in [4.78, 5) is 8.90. The number of aryl methyl sites for hydroxylation is 1. The Bertz CT molecular complexity index is 2670. The van der Waals surface area contributed by atoms with Crippen LogP contribution in [0.25, 0.3) is 61.4 Å². The van der Waals surface area contributed by atoms with Crippen LogP contribution in [0.4, 0.5) is 0 Å². The minimum Gasteiger partial charge on any atom is -0.501 e. The molecule has 4 nitrogen and oxygen atoms in total. The quantitative estimate of drug-likeness (QED) is 0.156. The predicted molar refractivity (Wildman–Crippen MR) is 221 cm³/mol. The van der Waals surface area contributed by atoms with E-state index < -0.39 is 18.6 Å². The van der Waals surface area contributed by atoms with Crippen LogP contribution in [0.1, 0.15) is 89.4 Å². The van der Waals surface area contributed by atoms with Crippen LogP contribution in [0.3, 0.4) is 0 Å². The van der Waals surface area contributed by atoms with Gasteiger partial charge in [0.25, 0.3) is 0 Å². The molecule has 0 saturated heterocycles. The molecule has 0 amide bonds. The summed E-state index contributed by atoms with van der Waals surface area (Å²) in [6.07, 6.45) is 5.06. The number of aromatic nitrogens is 3. The Hall–Kier alpha value is -5.09. The smallest absolute Gasteiger partial charge is 0.121 e. The van der Waals surface area contributed by atoms with Crippen LogP contribution in [-0.2, 0) is 25.5 Å². The number of furan rings is 1. The van der Waals surface area contributed by atoms with Crippen LogP contribution < -0.4 is 0 Å². The third-order valence-electron chi connectivity index (χ3n) is 9.48. The summed E-state index contributed by atoms with van der Waals surface area (Å²) in [5, 5.41) is 2.03. The molecule has 0 bridgehead atoms. The minimum atomic E-state index is -2.09. The SMILES string of the molecule is [2H]C(C)(C)c1cccc(C([2H])(C)C)c1-n1ccnc1-c1[c-]ccc2c1oc1cc(-c3ccc(C(C)(C)C)cc3)ccc12.[2H]C([2H])([2H])c1ccc(-c2[c-]cccc2)nc1.[Ir]. The van der Waals surface area contributed by atoms with Gasteiger partial charge in [-0.3, -0.25) is 4.98 Å². The molecule has 3 heterocycles. The van der Waals surface area contributed by atoms with Gasteiger partial charge < -0.3 is 14.0 Å². The summed E-state index contributed by atoms with van der Waals surface area (Å²) < 4.78 is 48.1. The third-order valence-corrected chi connectivity index (χ3v) is 9.48. The van der Waals surface area contributed by atoms with E-state index in [1.165, 1.54) is 11.8 Å². The molecular weight excluding hydrogens is 839 g/mol. The van der Waals surface area contributed by atoms with Crippen molar-refractivity contribution in [3.63, 3.8) is 0 Å². The first kappa shape index (κ1) is 32.3. The maximum Gasteiger partial charge on any atom is 0.121 e. The van der Waals surface area contributed by atoms with Gasteiger partial charge in [0.1, 0.15) is 5.58 Å². The van der Waals surface area contributed by atoms with Gasteiger partial charge in [0.15, 0.2) is 0 Å². The van der Waals surface area contributed by atoms with Crippen molar-refractivity contribution in [2.75, 3.05) is 0 Å². The van der Waals surface area contributed by atoms with E-state index in [4.69, 9.17) is 16.3 Å². The standard InChI is InChI=1S/C37H37N2O.C12H10N.Ir/c1-23(2)28-10-8-11-29(24(3)4)34(28)39-21-20-38-36(39)32-13-9-12-31-30-19-16-26(22-33(30)40-35(31)32)25-14-17-27(18-15-25)37(5,6)7;1-10-7-8-12(13-9-10)11-5-3-2-4-6-11;/h8-12,14-24H,1-7H3;2-5,7-9H,1H3;/q2*-1;/i23D,24D;1D3;. The monoisotopic (exact) mass is 891 g/mol. The second kappa shape index (κ2) is 16.1. The van der Waals surface area contributed by atoms with Gasteiger partial charge in [-0.05, 0) is 69.2 Å². The van der Waals surface area contributed by atoms with Crippen molar-refractivity contribution >= 4 is 21.9 Å². The first-order chi connectivity index (χ1) is 27.3. The first-order valence-electron chi connectivity index (χ1n) is 20.4. The summed E-state index contributed by atoms with van der Waals surface area (Å²) in [7, 11) is 0. The van der Waals surface area contributed by atoms with Gasteiger partial charge >= 0.3 is 0 Å².